The Balaban J connectivity index is 0.000000258. The number of fused-ring (bicyclic) bond motifs is 2. The summed E-state index contributed by atoms with van der Waals surface area (Å²) in [7, 11) is 11.0. The predicted molar refractivity (Wildman–Crippen MR) is 152 cm³/mol. The molecule has 0 saturated carbocycles. The van der Waals surface area contributed by atoms with E-state index in [1.165, 1.54) is 41.6 Å². The summed E-state index contributed by atoms with van der Waals surface area (Å²) in [5, 5.41) is 5.31. The van der Waals surface area contributed by atoms with Crippen LogP contribution in [0, 0.1) is 0 Å². The standard InChI is InChI=1S/2C12H12Br.C2H6Si.2ClH.Zr/c2*1-8(2)10-6-9-4-3-5-12(13)11(9)7-10;1-3-2;;;/h2*3-8H,1-2H3;1-2H3;2*1H;/q2*-1;;;;+4/p-2. The molecule has 0 N–H and O–H groups in total. The Kier molecular flexibility index (Phi) is 15.2. The zero-order chi connectivity index (χ0) is 24.3. The van der Waals surface area contributed by atoms with E-state index in [0.717, 1.165) is 9.52 Å². The summed E-state index contributed by atoms with van der Waals surface area (Å²) in [5.74, 6) is 1.22. The van der Waals surface area contributed by atoms with Crippen molar-refractivity contribution in [3.63, 3.8) is 0 Å². The second-order valence-electron chi connectivity index (χ2n) is 7.94. The van der Waals surface area contributed by atoms with Crippen molar-refractivity contribution >= 4 is 80.0 Å². The van der Waals surface area contributed by atoms with Crippen molar-refractivity contribution < 1.29 is 20.8 Å². The van der Waals surface area contributed by atoms with E-state index in [9.17, 15) is 0 Å². The zero-order valence-electron chi connectivity index (χ0n) is 19.4. The quantitative estimate of drug-likeness (QED) is 0.145. The van der Waals surface area contributed by atoms with Crippen molar-refractivity contribution in [3.8, 4) is 0 Å². The molecule has 0 nitrogen and oxygen atoms in total. The van der Waals surface area contributed by atoms with Gasteiger partial charge in [0.05, 0.1) is 0 Å². The zero-order valence-corrected chi connectivity index (χ0v) is 27.6. The van der Waals surface area contributed by atoms with E-state index in [2.05, 4.69) is 133 Å². The third kappa shape index (κ3) is 9.51. The van der Waals surface area contributed by atoms with Gasteiger partial charge >= 0.3 is 37.9 Å². The van der Waals surface area contributed by atoms with Gasteiger partial charge in [-0.05, 0) is 20.8 Å². The van der Waals surface area contributed by atoms with Gasteiger partial charge in [-0.15, -0.1) is 69.1 Å². The van der Waals surface area contributed by atoms with E-state index in [1.807, 2.05) is 0 Å². The Morgan fingerprint density at radius 2 is 1.06 bits per heavy atom. The molecule has 4 rings (SSSR count). The Morgan fingerprint density at radius 3 is 1.31 bits per heavy atom. The molecule has 0 aliphatic heterocycles. The minimum atomic E-state index is -0.826. The summed E-state index contributed by atoms with van der Waals surface area (Å²) < 4.78 is 2.38. The average Bonchev–Trinajstić information content (AvgIpc) is 3.36. The molecule has 4 aromatic rings. The van der Waals surface area contributed by atoms with Crippen LogP contribution in [0.5, 0.6) is 0 Å². The first-order valence-corrected chi connectivity index (χ1v) is 20.4. The van der Waals surface area contributed by atoms with E-state index in [-0.39, 0.29) is 0 Å². The molecule has 0 bridgehead atoms. The van der Waals surface area contributed by atoms with E-state index in [1.54, 1.807) is 0 Å². The van der Waals surface area contributed by atoms with E-state index >= 15 is 0 Å². The summed E-state index contributed by atoms with van der Waals surface area (Å²) in [6.07, 6.45) is 0. The maximum absolute atomic E-state index is 4.93. The van der Waals surface area contributed by atoms with E-state index in [0.29, 0.717) is 11.8 Å². The SMILES string of the molecule is CC(C)c1cc2c(Br)cccc2[cH-]1.CC(C)c1cc2c(Br)cccc2[cH-]1.C[Si]C.[Cl][Zr+2][Cl]. The Bertz CT molecular complexity index is 984. The molecule has 4 aromatic carbocycles. The summed E-state index contributed by atoms with van der Waals surface area (Å²) in [6.45, 7) is 13.2. The monoisotopic (exact) mass is 688 g/mol. The molecule has 32 heavy (non-hydrogen) atoms. The molecule has 0 fully saturated rings. The second-order valence-corrected chi connectivity index (χ2v) is 14.4. The number of hydrogen-bond donors (Lipinski definition) is 0. The first kappa shape index (κ1) is 30.3. The van der Waals surface area contributed by atoms with Crippen LogP contribution < -0.4 is 0 Å². The van der Waals surface area contributed by atoms with Crippen LogP contribution in [0.2, 0.25) is 13.1 Å². The predicted octanol–water partition coefficient (Wildman–Crippen LogP) is 11.1. The van der Waals surface area contributed by atoms with Gasteiger partial charge in [0.15, 0.2) is 0 Å². The number of hydrogen-bond acceptors (Lipinski definition) is 0. The van der Waals surface area contributed by atoms with Crippen LogP contribution in [0.4, 0.5) is 0 Å². The molecular weight excluding hydrogens is 662 g/mol. The van der Waals surface area contributed by atoms with Crippen molar-refractivity contribution in [1.82, 2.24) is 0 Å². The fourth-order valence-corrected chi connectivity index (χ4v) is 4.10. The minimum absolute atomic E-state index is 0.610. The summed E-state index contributed by atoms with van der Waals surface area (Å²) in [6, 6.07) is 21.7. The molecule has 0 aromatic heterocycles. The third-order valence-electron chi connectivity index (χ3n) is 4.77. The van der Waals surface area contributed by atoms with Crippen LogP contribution in [0.1, 0.15) is 50.7 Å². The van der Waals surface area contributed by atoms with Gasteiger partial charge in [-0.1, -0.05) is 84.8 Å². The molecule has 6 heteroatoms. The fourth-order valence-electron chi connectivity index (χ4n) is 3.11. The third-order valence-corrected chi connectivity index (χ3v) is 6.16. The summed E-state index contributed by atoms with van der Waals surface area (Å²) in [5.41, 5.74) is 2.84. The van der Waals surface area contributed by atoms with Crippen molar-refractivity contribution in [2.75, 3.05) is 0 Å². The van der Waals surface area contributed by atoms with Crippen LogP contribution in [-0.4, -0.2) is 9.52 Å². The molecule has 0 aliphatic carbocycles. The number of halogens is 4. The summed E-state index contributed by atoms with van der Waals surface area (Å²) in [4.78, 5) is 0. The Morgan fingerprint density at radius 1 is 0.750 bits per heavy atom. The molecule has 0 aliphatic rings. The molecule has 0 unspecified atom stereocenters. The first-order valence-electron chi connectivity index (χ1n) is 10.4. The van der Waals surface area contributed by atoms with Gasteiger partial charge in [0.1, 0.15) is 0 Å². The Hall–Kier alpha value is 0.300. The van der Waals surface area contributed by atoms with Crippen molar-refractivity contribution in [3.05, 3.63) is 80.7 Å². The molecule has 0 atom stereocenters. The average molecular weight is 693 g/mol. The summed E-state index contributed by atoms with van der Waals surface area (Å²) >= 11 is 6.29. The van der Waals surface area contributed by atoms with Crippen LogP contribution in [0.25, 0.3) is 21.5 Å². The molecule has 0 heterocycles. The van der Waals surface area contributed by atoms with Crippen LogP contribution >= 0.6 is 48.9 Å². The maximum atomic E-state index is 4.93. The molecule has 0 spiro atoms. The van der Waals surface area contributed by atoms with Gasteiger partial charge in [0, 0.05) is 9.52 Å². The van der Waals surface area contributed by atoms with E-state index in [4.69, 9.17) is 17.0 Å². The van der Waals surface area contributed by atoms with Crippen molar-refractivity contribution in [2.24, 2.45) is 0 Å². The van der Waals surface area contributed by atoms with E-state index < -0.39 is 20.8 Å². The second kappa shape index (κ2) is 16.1. The van der Waals surface area contributed by atoms with Gasteiger partial charge in [-0.25, -0.2) is 0 Å². The number of benzene rings is 2. The fraction of sp³-hybridized carbons (Fsp3) is 0.308. The normalized spacial score (nSPS) is 10.1. The van der Waals surface area contributed by atoms with Gasteiger partial charge in [0.2, 0.25) is 0 Å². The van der Waals surface area contributed by atoms with Crippen LogP contribution in [0.15, 0.2) is 69.6 Å². The van der Waals surface area contributed by atoms with Crippen molar-refractivity contribution in [1.29, 1.82) is 0 Å². The molecule has 0 amide bonds. The molecule has 2 radical (unpaired) electrons. The molecular formula is C26H30Br2Cl2SiZr. The molecule has 170 valence electrons. The van der Waals surface area contributed by atoms with Gasteiger partial charge in [0.25, 0.3) is 0 Å². The van der Waals surface area contributed by atoms with Crippen molar-refractivity contribution in [2.45, 2.75) is 52.6 Å². The Labute approximate surface area is 231 Å². The van der Waals surface area contributed by atoms with Crippen LogP contribution in [0.3, 0.4) is 0 Å². The number of rotatable bonds is 2. The first-order chi connectivity index (χ1) is 15.2. The van der Waals surface area contributed by atoms with Crippen LogP contribution in [-0.2, 0) is 20.8 Å². The topological polar surface area (TPSA) is 0 Å². The van der Waals surface area contributed by atoms with Gasteiger partial charge in [-0.2, -0.15) is 12.1 Å². The van der Waals surface area contributed by atoms with Gasteiger partial charge < -0.3 is 0 Å². The molecule has 0 saturated heterocycles. The van der Waals surface area contributed by atoms with Gasteiger partial charge in [-0.3, -0.25) is 0 Å².